The summed E-state index contributed by atoms with van der Waals surface area (Å²) >= 11 is 0. The number of carbonyl (C=O) groups excluding carboxylic acids is 1. The molecule has 0 spiro atoms. The lowest BCUT2D eigenvalue weighted by atomic mass is 10.2. The van der Waals surface area contributed by atoms with E-state index in [0.717, 1.165) is 11.1 Å². The Labute approximate surface area is 120 Å². The zero-order valence-corrected chi connectivity index (χ0v) is 11.1. The highest BCUT2D eigenvalue weighted by Crippen LogP contribution is 2.14. The molecule has 2 aromatic carbocycles. The number of nitrogens with zero attached hydrogens (tertiary/aromatic N) is 2. The summed E-state index contributed by atoms with van der Waals surface area (Å²) in [6.45, 7) is 0. The van der Waals surface area contributed by atoms with E-state index in [2.05, 4.69) is 10.1 Å². The Morgan fingerprint density at radius 3 is 2.71 bits per heavy atom. The molecule has 104 valence electrons. The van der Waals surface area contributed by atoms with Crippen molar-refractivity contribution >= 4 is 23.3 Å². The van der Waals surface area contributed by atoms with Crippen LogP contribution in [-0.4, -0.2) is 17.2 Å². The third-order valence-electron chi connectivity index (χ3n) is 2.82. The lowest BCUT2D eigenvalue weighted by Gasteiger charge is -1.95. The average Bonchev–Trinajstić information content (AvgIpc) is 2.95. The van der Waals surface area contributed by atoms with E-state index < -0.39 is 5.97 Å². The van der Waals surface area contributed by atoms with Crippen molar-refractivity contribution in [3.8, 4) is 0 Å². The second-order valence-electron chi connectivity index (χ2n) is 4.31. The van der Waals surface area contributed by atoms with E-state index in [1.807, 2.05) is 30.3 Å². The van der Waals surface area contributed by atoms with Gasteiger partial charge in [0, 0.05) is 0 Å². The van der Waals surface area contributed by atoms with Crippen LogP contribution in [0.4, 0.5) is 0 Å². The Balaban J connectivity index is 1.58. The van der Waals surface area contributed by atoms with Gasteiger partial charge in [-0.2, -0.15) is 0 Å². The fraction of sp³-hybridized carbons (Fsp3) is 0.0625. The van der Waals surface area contributed by atoms with Gasteiger partial charge in [-0.05, 0) is 24.3 Å². The summed E-state index contributed by atoms with van der Waals surface area (Å²) in [5.74, 6) is 0.0279. The van der Waals surface area contributed by atoms with Gasteiger partial charge in [0.15, 0.2) is 5.58 Å². The smallest absolute Gasteiger partial charge is 0.365 e. The highest BCUT2D eigenvalue weighted by molar-refractivity contribution is 5.89. The molecule has 1 heterocycles. The SMILES string of the molecule is O=C(ON=CCc1nc2ccccc2o1)c1ccccc1. The summed E-state index contributed by atoms with van der Waals surface area (Å²) in [7, 11) is 0. The van der Waals surface area contributed by atoms with Gasteiger partial charge in [0.1, 0.15) is 5.52 Å². The van der Waals surface area contributed by atoms with Crippen molar-refractivity contribution in [1.29, 1.82) is 0 Å². The van der Waals surface area contributed by atoms with Gasteiger partial charge in [0.25, 0.3) is 0 Å². The van der Waals surface area contributed by atoms with Crippen LogP contribution in [0.25, 0.3) is 11.1 Å². The third-order valence-corrected chi connectivity index (χ3v) is 2.82. The summed E-state index contributed by atoms with van der Waals surface area (Å²) < 4.78 is 5.52. The maximum Gasteiger partial charge on any atom is 0.365 e. The fourth-order valence-electron chi connectivity index (χ4n) is 1.83. The number of benzene rings is 2. The summed E-state index contributed by atoms with van der Waals surface area (Å²) in [4.78, 5) is 20.7. The van der Waals surface area contributed by atoms with E-state index in [-0.39, 0.29) is 0 Å². The first-order valence-corrected chi connectivity index (χ1v) is 6.45. The molecule has 0 atom stereocenters. The van der Waals surface area contributed by atoms with E-state index in [4.69, 9.17) is 9.25 Å². The van der Waals surface area contributed by atoms with Crippen molar-refractivity contribution in [2.24, 2.45) is 5.16 Å². The summed E-state index contributed by atoms with van der Waals surface area (Å²) in [6.07, 6.45) is 1.81. The lowest BCUT2D eigenvalue weighted by Crippen LogP contribution is -2.00. The Morgan fingerprint density at radius 1 is 1.14 bits per heavy atom. The minimum absolute atomic E-state index is 0.358. The second kappa shape index (κ2) is 6.00. The maximum absolute atomic E-state index is 11.6. The van der Waals surface area contributed by atoms with Gasteiger partial charge in [0.05, 0.1) is 18.2 Å². The molecule has 0 amide bonds. The topological polar surface area (TPSA) is 64.7 Å². The van der Waals surface area contributed by atoms with Crippen LogP contribution in [0.5, 0.6) is 0 Å². The maximum atomic E-state index is 11.6. The predicted octanol–water partition coefficient (Wildman–Crippen LogP) is 3.21. The van der Waals surface area contributed by atoms with E-state index in [9.17, 15) is 4.79 Å². The van der Waals surface area contributed by atoms with Crippen LogP contribution >= 0.6 is 0 Å². The molecule has 0 saturated heterocycles. The van der Waals surface area contributed by atoms with Crippen LogP contribution in [-0.2, 0) is 11.3 Å². The number of hydrogen-bond donors (Lipinski definition) is 0. The quantitative estimate of drug-likeness (QED) is 0.418. The van der Waals surface area contributed by atoms with E-state index >= 15 is 0 Å². The zero-order valence-electron chi connectivity index (χ0n) is 11.1. The van der Waals surface area contributed by atoms with Gasteiger partial charge in [-0.1, -0.05) is 35.5 Å². The number of rotatable bonds is 4. The summed E-state index contributed by atoms with van der Waals surface area (Å²) in [5, 5.41) is 3.64. The molecular formula is C16H12N2O3. The normalized spacial score (nSPS) is 11.0. The minimum atomic E-state index is -0.496. The molecular weight excluding hydrogens is 268 g/mol. The van der Waals surface area contributed by atoms with Gasteiger partial charge < -0.3 is 9.25 Å². The van der Waals surface area contributed by atoms with Crippen molar-refractivity contribution in [1.82, 2.24) is 4.98 Å². The Kier molecular flexibility index (Phi) is 3.73. The molecule has 0 bridgehead atoms. The zero-order chi connectivity index (χ0) is 14.5. The molecule has 0 N–H and O–H groups in total. The number of para-hydroxylation sites is 2. The number of oxime groups is 1. The Hall–Kier alpha value is -2.95. The fourth-order valence-corrected chi connectivity index (χ4v) is 1.83. The molecule has 0 unspecified atom stereocenters. The predicted molar refractivity (Wildman–Crippen MR) is 78.1 cm³/mol. The van der Waals surface area contributed by atoms with Crippen molar-refractivity contribution in [3.05, 3.63) is 66.1 Å². The molecule has 0 aliphatic rings. The van der Waals surface area contributed by atoms with Crippen LogP contribution in [0.1, 0.15) is 16.2 Å². The molecule has 3 aromatic rings. The molecule has 0 aliphatic carbocycles. The Bertz CT molecular complexity index is 745. The van der Waals surface area contributed by atoms with Crippen LogP contribution in [0, 0.1) is 0 Å². The monoisotopic (exact) mass is 280 g/mol. The van der Waals surface area contributed by atoms with Crippen LogP contribution in [0.15, 0.2) is 64.2 Å². The molecule has 0 aliphatic heterocycles. The summed E-state index contributed by atoms with van der Waals surface area (Å²) in [6, 6.07) is 16.2. The largest absolute Gasteiger partial charge is 0.440 e. The third kappa shape index (κ3) is 3.14. The molecule has 0 radical (unpaired) electrons. The van der Waals surface area contributed by atoms with Gasteiger partial charge >= 0.3 is 5.97 Å². The van der Waals surface area contributed by atoms with E-state index in [1.54, 1.807) is 24.3 Å². The van der Waals surface area contributed by atoms with Gasteiger partial charge in [-0.25, -0.2) is 9.78 Å². The summed E-state index contributed by atoms with van der Waals surface area (Å²) in [5.41, 5.74) is 1.97. The first-order valence-electron chi connectivity index (χ1n) is 6.45. The molecule has 0 fully saturated rings. The average molecular weight is 280 g/mol. The standard InChI is InChI=1S/C16H12N2O3/c19-16(12-6-2-1-3-7-12)21-17-11-10-15-18-13-8-4-5-9-14(13)20-15/h1-9,11H,10H2. The van der Waals surface area contributed by atoms with Crippen LogP contribution in [0.3, 0.4) is 0 Å². The molecule has 21 heavy (non-hydrogen) atoms. The van der Waals surface area contributed by atoms with Crippen LogP contribution in [0.2, 0.25) is 0 Å². The number of carbonyl (C=O) groups is 1. The molecule has 5 nitrogen and oxygen atoms in total. The number of oxazole rings is 1. The number of fused-ring (bicyclic) bond motifs is 1. The molecule has 3 rings (SSSR count). The first-order chi connectivity index (χ1) is 10.3. The molecule has 5 heteroatoms. The van der Waals surface area contributed by atoms with Gasteiger partial charge in [0.2, 0.25) is 5.89 Å². The molecule has 1 aromatic heterocycles. The Morgan fingerprint density at radius 2 is 1.90 bits per heavy atom. The van der Waals surface area contributed by atoms with Crippen molar-refractivity contribution in [2.75, 3.05) is 0 Å². The van der Waals surface area contributed by atoms with Gasteiger partial charge in [-0.3, -0.25) is 0 Å². The number of hydrogen-bond acceptors (Lipinski definition) is 5. The second-order valence-corrected chi connectivity index (χ2v) is 4.31. The molecule has 0 saturated carbocycles. The first kappa shape index (κ1) is 13.1. The van der Waals surface area contributed by atoms with E-state index in [0.29, 0.717) is 17.9 Å². The number of aromatic nitrogens is 1. The van der Waals surface area contributed by atoms with Crippen molar-refractivity contribution < 1.29 is 14.0 Å². The lowest BCUT2D eigenvalue weighted by molar-refractivity contribution is 0.0518. The minimum Gasteiger partial charge on any atom is -0.440 e. The van der Waals surface area contributed by atoms with E-state index in [1.165, 1.54) is 6.21 Å². The van der Waals surface area contributed by atoms with Crippen molar-refractivity contribution in [2.45, 2.75) is 6.42 Å². The van der Waals surface area contributed by atoms with Crippen molar-refractivity contribution in [3.63, 3.8) is 0 Å². The van der Waals surface area contributed by atoms with Gasteiger partial charge in [-0.15, -0.1) is 0 Å². The highest BCUT2D eigenvalue weighted by Gasteiger charge is 2.05. The highest BCUT2D eigenvalue weighted by atomic mass is 16.7. The van der Waals surface area contributed by atoms with Crippen LogP contribution < -0.4 is 0 Å².